The summed E-state index contributed by atoms with van der Waals surface area (Å²) in [6.45, 7) is 5.18. The molecule has 2 N–H and O–H groups in total. The van der Waals surface area contributed by atoms with Crippen LogP contribution >= 0.6 is 0 Å². The molecule has 0 radical (unpaired) electrons. The third-order valence-electron chi connectivity index (χ3n) is 5.65. The maximum Gasteiger partial charge on any atom is 0.254 e. The van der Waals surface area contributed by atoms with E-state index in [1.54, 1.807) is 12.4 Å². The van der Waals surface area contributed by atoms with E-state index in [4.69, 9.17) is 4.74 Å². The Morgan fingerprint density at radius 2 is 2.03 bits per heavy atom. The molecule has 0 saturated carbocycles. The fraction of sp³-hybridized carbons (Fsp3) is 0.304. The molecule has 0 aliphatic carbocycles. The van der Waals surface area contributed by atoms with Gasteiger partial charge in [0.25, 0.3) is 5.91 Å². The van der Waals surface area contributed by atoms with Gasteiger partial charge in [-0.3, -0.25) is 14.7 Å². The number of hydrogen-bond donors (Lipinski definition) is 2. The SMILES string of the molecule is O=C(NCCN1CCOCC1)c1c2c(NCc3cccnc3)ncnc2n2ccccc12. The first-order valence-electron chi connectivity index (χ1n) is 10.8. The van der Waals surface area contributed by atoms with Crippen molar-refractivity contribution in [2.45, 2.75) is 6.54 Å². The van der Waals surface area contributed by atoms with Crippen molar-refractivity contribution in [3.8, 4) is 0 Å². The number of nitrogens with zero attached hydrogens (tertiary/aromatic N) is 5. The average Bonchev–Trinajstić information content (AvgIpc) is 3.19. The standard InChI is InChI=1S/C23H25N7O2/c31-23(25-7-9-29-10-12-32-13-11-29)19-18-5-1-2-8-30(18)22-20(19)21(27-16-28-22)26-15-17-4-3-6-24-14-17/h1-6,8,14,16H,7,9-13,15H2,(H,25,31)(H,26,27,28). The van der Waals surface area contributed by atoms with Gasteiger partial charge in [-0.2, -0.15) is 0 Å². The normalized spacial score (nSPS) is 14.6. The van der Waals surface area contributed by atoms with Crippen LogP contribution in [0.2, 0.25) is 0 Å². The number of carbonyl (C=O) groups is 1. The van der Waals surface area contributed by atoms with Crippen LogP contribution in [0.15, 0.2) is 55.2 Å². The van der Waals surface area contributed by atoms with Crippen LogP contribution in [0.1, 0.15) is 15.9 Å². The molecule has 9 nitrogen and oxygen atoms in total. The number of ether oxygens (including phenoxy) is 1. The van der Waals surface area contributed by atoms with Gasteiger partial charge in [0.05, 0.1) is 29.7 Å². The number of carbonyl (C=O) groups excluding carboxylic acids is 1. The van der Waals surface area contributed by atoms with E-state index in [0.717, 1.165) is 43.9 Å². The average molecular weight is 432 g/mol. The van der Waals surface area contributed by atoms with Gasteiger partial charge in [0, 0.05) is 51.3 Å². The number of nitrogens with one attached hydrogen (secondary N) is 2. The van der Waals surface area contributed by atoms with E-state index >= 15 is 0 Å². The summed E-state index contributed by atoms with van der Waals surface area (Å²) in [6, 6.07) is 9.68. The van der Waals surface area contributed by atoms with Crippen LogP contribution in [-0.4, -0.2) is 69.6 Å². The molecule has 0 bridgehead atoms. The zero-order valence-electron chi connectivity index (χ0n) is 17.7. The molecule has 164 valence electrons. The number of morpholine rings is 1. The predicted octanol–water partition coefficient (Wildman–Crippen LogP) is 1.95. The lowest BCUT2D eigenvalue weighted by atomic mass is 10.1. The van der Waals surface area contributed by atoms with Gasteiger partial charge in [-0.25, -0.2) is 9.97 Å². The molecule has 1 aliphatic heterocycles. The van der Waals surface area contributed by atoms with E-state index < -0.39 is 0 Å². The van der Waals surface area contributed by atoms with Crippen LogP contribution < -0.4 is 10.6 Å². The summed E-state index contributed by atoms with van der Waals surface area (Å²) in [6.07, 6.45) is 6.99. The largest absolute Gasteiger partial charge is 0.379 e. The summed E-state index contributed by atoms with van der Waals surface area (Å²) in [5, 5.41) is 7.17. The number of fused-ring (bicyclic) bond motifs is 3. The fourth-order valence-corrected chi connectivity index (χ4v) is 4.04. The Hall–Kier alpha value is -3.56. The molecular weight excluding hydrogens is 406 g/mol. The second-order valence-electron chi connectivity index (χ2n) is 7.68. The number of aromatic nitrogens is 4. The lowest BCUT2D eigenvalue weighted by molar-refractivity contribution is 0.0383. The van der Waals surface area contributed by atoms with Gasteiger partial charge in [-0.05, 0) is 23.8 Å². The zero-order valence-corrected chi connectivity index (χ0v) is 17.7. The van der Waals surface area contributed by atoms with E-state index in [1.807, 2.05) is 40.9 Å². The van der Waals surface area contributed by atoms with Crippen molar-refractivity contribution in [2.24, 2.45) is 0 Å². The van der Waals surface area contributed by atoms with E-state index in [1.165, 1.54) is 6.33 Å². The molecule has 5 heterocycles. The van der Waals surface area contributed by atoms with E-state index in [9.17, 15) is 4.79 Å². The van der Waals surface area contributed by atoms with Crippen LogP contribution in [0.25, 0.3) is 16.6 Å². The van der Waals surface area contributed by atoms with Crippen molar-refractivity contribution in [1.29, 1.82) is 0 Å². The lowest BCUT2D eigenvalue weighted by Gasteiger charge is -2.26. The van der Waals surface area contributed by atoms with Gasteiger partial charge in [0.15, 0.2) is 5.65 Å². The maximum atomic E-state index is 13.3. The van der Waals surface area contributed by atoms with Crippen molar-refractivity contribution < 1.29 is 9.53 Å². The summed E-state index contributed by atoms with van der Waals surface area (Å²) in [5.41, 5.74) is 3.11. The monoisotopic (exact) mass is 431 g/mol. The second-order valence-corrected chi connectivity index (χ2v) is 7.68. The number of amides is 1. The Labute approximate surface area is 185 Å². The molecule has 4 aromatic rings. The third-order valence-corrected chi connectivity index (χ3v) is 5.65. The molecular formula is C23H25N7O2. The van der Waals surface area contributed by atoms with E-state index in [-0.39, 0.29) is 5.91 Å². The summed E-state index contributed by atoms with van der Waals surface area (Å²) < 4.78 is 7.33. The second kappa shape index (κ2) is 9.29. The van der Waals surface area contributed by atoms with Gasteiger partial charge >= 0.3 is 0 Å². The number of rotatable bonds is 7. The van der Waals surface area contributed by atoms with Gasteiger partial charge in [-0.1, -0.05) is 12.1 Å². The van der Waals surface area contributed by atoms with Crippen molar-refractivity contribution in [3.63, 3.8) is 0 Å². The van der Waals surface area contributed by atoms with Crippen molar-refractivity contribution in [3.05, 3.63) is 66.4 Å². The highest BCUT2D eigenvalue weighted by molar-refractivity contribution is 6.16. The molecule has 0 unspecified atom stereocenters. The Morgan fingerprint density at radius 3 is 2.88 bits per heavy atom. The van der Waals surface area contributed by atoms with Crippen molar-refractivity contribution in [1.82, 2.24) is 29.6 Å². The molecule has 5 rings (SSSR count). The smallest absolute Gasteiger partial charge is 0.254 e. The summed E-state index contributed by atoms with van der Waals surface area (Å²) in [7, 11) is 0. The third kappa shape index (κ3) is 4.12. The highest BCUT2D eigenvalue weighted by Crippen LogP contribution is 2.30. The first kappa shape index (κ1) is 20.3. The topological polar surface area (TPSA) is 96.7 Å². The molecule has 9 heteroatoms. The van der Waals surface area contributed by atoms with E-state index in [2.05, 4.69) is 30.5 Å². The molecule has 0 aromatic carbocycles. The van der Waals surface area contributed by atoms with Gasteiger partial charge in [-0.15, -0.1) is 0 Å². The Bertz CT molecular complexity index is 1220. The molecule has 1 fully saturated rings. The van der Waals surface area contributed by atoms with Crippen LogP contribution in [0.3, 0.4) is 0 Å². The molecule has 32 heavy (non-hydrogen) atoms. The summed E-state index contributed by atoms with van der Waals surface area (Å²) >= 11 is 0. The minimum Gasteiger partial charge on any atom is -0.379 e. The van der Waals surface area contributed by atoms with Gasteiger partial charge < -0.3 is 19.8 Å². The molecule has 1 aliphatic rings. The molecule has 0 atom stereocenters. The van der Waals surface area contributed by atoms with Gasteiger partial charge in [0.1, 0.15) is 12.1 Å². The Morgan fingerprint density at radius 1 is 1.12 bits per heavy atom. The van der Waals surface area contributed by atoms with Gasteiger partial charge in [0.2, 0.25) is 0 Å². The predicted molar refractivity (Wildman–Crippen MR) is 122 cm³/mol. The summed E-state index contributed by atoms with van der Waals surface area (Å²) in [4.78, 5) is 28.7. The Balaban J connectivity index is 1.44. The van der Waals surface area contributed by atoms with E-state index in [0.29, 0.717) is 35.5 Å². The van der Waals surface area contributed by atoms with Crippen LogP contribution in [0, 0.1) is 0 Å². The minimum absolute atomic E-state index is 0.129. The quantitative estimate of drug-likeness (QED) is 0.462. The number of pyridine rings is 2. The molecule has 1 amide bonds. The maximum absolute atomic E-state index is 13.3. The fourth-order valence-electron chi connectivity index (χ4n) is 4.04. The molecule has 1 saturated heterocycles. The van der Waals surface area contributed by atoms with Crippen molar-refractivity contribution in [2.75, 3.05) is 44.7 Å². The van der Waals surface area contributed by atoms with Crippen molar-refractivity contribution >= 4 is 28.3 Å². The first-order valence-corrected chi connectivity index (χ1v) is 10.8. The lowest BCUT2D eigenvalue weighted by Crippen LogP contribution is -2.41. The number of anilines is 1. The Kier molecular flexibility index (Phi) is 5.91. The zero-order chi connectivity index (χ0) is 21.8. The summed E-state index contributed by atoms with van der Waals surface area (Å²) in [5.74, 6) is 0.497. The van der Waals surface area contributed by atoms with Crippen LogP contribution in [-0.2, 0) is 11.3 Å². The van der Waals surface area contributed by atoms with Crippen LogP contribution in [0.4, 0.5) is 5.82 Å². The van der Waals surface area contributed by atoms with Crippen LogP contribution in [0.5, 0.6) is 0 Å². The minimum atomic E-state index is -0.129. The molecule has 4 aromatic heterocycles. The highest BCUT2D eigenvalue weighted by Gasteiger charge is 2.22. The molecule has 0 spiro atoms. The first-order chi connectivity index (χ1) is 15.8. The number of hydrogen-bond acceptors (Lipinski definition) is 7. The highest BCUT2D eigenvalue weighted by atomic mass is 16.5.